The number of guanidine groups is 1. The van der Waals surface area contributed by atoms with Crippen LogP contribution in [0.3, 0.4) is 0 Å². The maximum atomic E-state index is 12.0. The molecule has 2 aromatic carbocycles. The minimum Gasteiger partial charge on any atom is -0.497 e. The molecule has 0 heterocycles. The molecule has 0 spiro atoms. The van der Waals surface area contributed by atoms with Crippen molar-refractivity contribution >= 4 is 35.8 Å². The molecule has 0 saturated heterocycles. The number of rotatable bonds is 9. The summed E-state index contributed by atoms with van der Waals surface area (Å²) in [5, 5.41) is 3.15. The third-order valence-corrected chi connectivity index (χ3v) is 4.27. The van der Waals surface area contributed by atoms with Crippen LogP contribution < -0.4 is 14.8 Å². The predicted octanol–water partition coefficient (Wildman–Crippen LogP) is 2.86. The van der Waals surface area contributed by atoms with Crippen molar-refractivity contribution in [1.29, 1.82) is 0 Å². The molecule has 2 rings (SSSR count). The molecular weight excluding hydrogens is 495 g/mol. The van der Waals surface area contributed by atoms with Crippen LogP contribution in [-0.2, 0) is 11.3 Å². The Bertz CT molecular complexity index is 783. The van der Waals surface area contributed by atoms with E-state index >= 15 is 0 Å². The highest BCUT2D eigenvalue weighted by Gasteiger charge is 2.10. The average Bonchev–Trinajstić information content (AvgIpc) is 2.74. The number of carbonyl (C=O) groups excluding carboxylic acids is 1. The highest BCUT2D eigenvalue weighted by atomic mass is 127. The Balaban J connectivity index is 0.00000450. The first-order valence-electron chi connectivity index (χ1n) is 9.50. The van der Waals surface area contributed by atoms with Gasteiger partial charge in [-0.05, 0) is 29.8 Å². The van der Waals surface area contributed by atoms with Gasteiger partial charge in [-0.3, -0.25) is 4.79 Å². The van der Waals surface area contributed by atoms with Crippen LogP contribution in [0.4, 0.5) is 0 Å². The van der Waals surface area contributed by atoms with E-state index in [2.05, 4.69) is 10.3 Å². The second-order valence-electron chi connectivity index (χ2n) is 6.71. The van der Waals surface area contributed by atoms with E-state index in [9.17, 15) is 4.79 Å². The van der Waals surface area contributed by atoms with Crippen molar-refractivity contribution < 1.29 is 14.3 Å². The maximum Gasteiger partial charge on any atom is 0.241 e. The molecule has 164 valence electrons. The zero-order valence-electron chi connectivity index (χ0n) is 18.0. The lowest BCUT2D eigenvalue weighted by atomic mass is 10.2. The summed E-state index contributed by atoms with van der Waals surface area (Å²) >= 11 is 0. The van der Waals surface area contributed by atoms with Crippen LogP contribution in [0.15, 0.2) is 59.6 Å². The van der Waals surface area contributed by atoms with Crippen LogP contribution in [-0.4, -0.2) is 69.6 Å². The number of nitrogens with one attached hydrogen (secondary N) is 1. The molecule has 2 aromatic rings. The van der Waals surface area contributed by atoms with E-state index in [-0.39, 0.29) is 36.4 Å². The summed E-state index contributed by atoms with van der Waals surface area (Å²) in [7, 11) is 7.03. The van der Waals surface area contributed by atoms with Crippen molar-refractivity contribution in [2.45, 2.75) is 6.54 Å². The van der Waals surface area contributed by atoms with Crippen LogP contribution in [0, 0.1) is 0 Å². The van der Waals surface area contributed by atoms with Crippen molar-refractivity contribution in [3.05, 3.63) is 60.2 Å². The van der Waals surface area contributed by atoms with Crippen LogP contribution in [0.25, 0.3) is 0 Å². The molecule has 0 atom stereocenters. The Morgan fingerprint density at radius 1 is 1.00 bits per heavy atom. The SMILES string of the molecule is COc1ccc(OCCN(C)C(=NCc2ccccc2)NCC(=O)N(C)C)cc1.I. The lowest BCUT2D eigenvalue weighted by Gasteiger charge is -2.23. The molecule has 0 aliphatic carbocycles. The smallest absolute Gasteiger partial charge is 0.241 e. The molecule has 30 heavy (non-hydrogen) atoms. The quantitative estimate of drug-likeness (QED) is 0.310. The summed E-state index contributed by atoms with van der Waals surface area (Å²) in [6.45, 7) is 1.81. The molecule has 0 radical (unpaired) electrons. The van der Waals surface area contributed by atoms with Crippen LogP contribution in [0.1, 0.15) is 5.56 Å². The molecule has 0 saturated carbocycles. The number of halogens is 1. The van der Waals surface area contributed by atoms with E-state index in [0.29, 0.717) is 25.7 Å². The van der Waals surface area contributed by atoms with Crippen molar-refractivity contribution in [1.82, 2.24) is 15.1 Å². The summed E-state index contributed by atoms with van der Waals surface area (Å²) < 4.78 is 10.9. The van der Waals surface area contributed by atoms with Crippen molar-refractivity contribution in [3.63, 3.8) is 0 Å². The summed E-state index contributed by atoms with van der Waals surface area (Å²) in [5.74, 6) is 2.21. The minimum absolute atomic E-state index is 0. The van der Waals surface area contributed by atoms with Gasteiger partial charge in [0.2, 0.25) is 5.91 Å². The molecule has 0 unspecified atom stereocenters. The molecule has 7 nitrogen and oxygen atoms in total. The van der Waals surface area contributed by atoms with Gasteiger partial charge in [-0.15, -0.1) is 24.0 Å². The third kappa shape index (κ3) is 8.89. The number of nitrogens with zero attached hydrogens (tertiary/aromatic N) is 3. The predicted molar refractivity (Wildman–Crippen MR) is 131 cm³/mol. The Morgan fingerprint density at radius 2 is 1.63 bits per heavy atom. The number of likely N-dealkylation sites (N-methyl/N-ethyl adjacent to an activating group) is 2. The Morgan fingerprint density at radius 3 is 2.23 bits per heavy atom. The number of methoxy groups -OCH3 is 1. The normalized spacial score (nSPS) is 10.6. The van der Waals surface area contributed by atoms with Crippen LogP contribution in [0.5, 0.6) is 11.5 Å². The van der Waals surface area contributed by atoms with E-state index in [1.165, 1.54) is 0 Å². The third-order valence-electron chi connectivity index (χ3n) is 4.27. The first-order chi connectivity index (χ1) is 14.0. The van der Waals surface area contributed by atoms with Gasteiger partial charge in [0.05, 0.1) is 26.7 Å². The van der Waals surface area contributed by atoms with Gasteiger partial charge in [0.25, 0.3) is 0 Å². The molecule has 0 bridgehead atoms. The molecular formula is C22H31IN4O3. The number of hydrogen-bond donors (Lipinski definition) is 1. The van der Waals surface area contributed by atoms with Gasteiger partial charge in [0.1, 0.15) is 18.1 Å². The monoisotopic (exact) mass is 526 g/mol. The lowest BCUT2D eigenvalue weighted by molar-refractivity contribution is -0.127. The van der Waals surface area contributed by atoms with E-state index in [0.717, 1.165) is 17.1 Å². The van der Waals surface area contributed by atoms with Crippen molar-refractivity contribution in [3.8, 4) is 11.5 Å². The average molecular weight is 526 g/mol. The highest BCUT2D eigenvalue weighted by Crippen LogP contribution is 2.16. The second-order valence-corrected chi connectivity index (χ2v) is 6.71. The zero-order valence-corrected chi connectivity index (χ0v) is 20.3. The fourth-order valence-electron chi connectivity index (χ4n) is 2.45. The standard InChI is InChI=1S/C22H30N4O3.HI/c1-25(2)21(27)17-24-22(23-16-18-8-6-5-7-9-18)26(3)14-15-29-20-12-10-19(28-4)11-13-20;/h5-13H,14-17H2,1-4H3,(H,23,24);1H. The Labute approximate surface area is 196 Å². The van der Waals surface area contributed by atoms with Gasteiger partial charge in [-0.2, -0.15) is 0 Å². The van der Waals surface area contributed by atoms with Crippen LogP contribution in [0.2, 0.25) is 0 Å². The van der Waals surface area contributed by atoms with E-state index < -0.39 is 0 Å². The van der Waals surface area contributed by atoms with Crippen molar-refractivity contribution in [2.24, 2.45) is 4.99 Å². The molecule has 0 aliphatic heterocycles. The maximum absolute atomic E-state index is 12.0. The van der Waals surface area contributed by atoms with E-state index in [1.807, 2.05) is 66.5 Å². The summed E-state index contributed by atoms with van der Waals surface area (Å²) in [6, 6.07) is 17.5. The second kappa shape index (κ2) is 13.7. The number of benzene rings is 2. The number of ether oxygens (including phenoxy) is 2. The first-order valence-corrected chi connectivity index (χ1v) is 9.50. The molecule has 0 aliphatic rings. The summed E-state index contributed by atoms with van der Waals surface area (Å²) in [6.07, 6.45) is 0. The Hall–Kier alpha value is -2.49. The lowest BCUT2D eigenvalue weighted by Crippen LogP contribution is -2.45. The summed E-state index contributed by atoms with van der Waals surface area (Å²) in [5.41, 5.74) is 1.11. The van der Waals surface area contributed by atoms with Gasteiger partial charge < -0.3 is 24.6 Å². The van der Waals surface area contributed by atoms with Crippen molar-refractivity contribution in [2.75, 3.05) is 47.9 Å². The number of carbonyl (C=O) groups is 1. The van der Waals surface area contributed by atoms with Gasteiger partial charge in [0.15, 0.2) is 5.96 Å². The summed E-state index contributed by atoms with van der Waals surface area (Å²) in [4.78, 5) is 20.1. The fourth-order valence-corrected chi connectivity index (χ4v) is 2.45. The molecule has 0 fully saturated rings. The fraction of sp³-hybridized carbons (Fsp3) is 0.364. The topological polar surface area (TPSA) is 66.4 Å². The largest absolute Gasteiger partial charge is 0.497 e. The molecule has 8 heteroatoms. The first kappa shape index (κ1) is 25.5. The van der Waals surface area contributed by atoms with Gasteiger partial charge in [-0.1, -0.05) is 30.3 Å². The number of hydrogen-bond acceptors (Lipinski definition) is 4. The van der Waals surface area contributed by atoms with Gasteiger partial charge >= 0.3 is 0 Å². The Kier molecular flexibility index (Phi) is 11.7. The number of amides is 1. The zero-order chi connectivity index (χ0) is 21.1. The number of aliphatic imine (C=N–C) groups is 1. The van der Waals surface area contributed by atoms with Gasteiger partial charge in [-0.25, -0.2) is 4.99 Å². The van der Waals surface area contributed by atoms with E-state index in [4.69, 9.17) is 9.47 Å². The molecule has 1 amide bonds. The minimum atomic E-state index is -0.0136. The molecule has 0 aromatic heterocycles. The van der Waals surface area contributed by atoms with Gasteiger partial charge in [0, 0.05) is 21.1 Å². The van der Waals surface area contributed by atoms with Crippen LogP contribution >= 0.6 is 24.0 Å². The highest BCUT2D eigenvalue weighted by molar-refractivity contribution is 14.0. The molecule has 1 N–H and O–H groups in total. The van der Waals surface area contributed by atoms with E-state index in [1.54, 1.807) is 26.1 Å².